The van der Waals surface area contributed by atoms with Gasteiger partial charge >= 0.3 is 0 Å². The summed E-state index contributed by atoms with van der Waals surface area (Å²) in [5.74, 6) is -0.846. The first-order chi connectivity index (χ1) is 11.0. The standard InChI is InChI=1S/C17H16ClFN2O2/c1-10-5-8-12(16(22)20-10)17(23)21(11-6-7-11)9-13-14(18)3-2-4-15(13)19/h2-5,8,11H,6-7,9H2,1H3,(H,20,22). The average Bonchev–Trinajstić information content (AvgIpc) is 3.31. The second-order valence-corrected chi connectivity index (χ2v) is 6.16. The highest BCUT2D eigenvalue weighted by Gasteiger charge is 2.34. The van der Waals surface area contributed by atoms with Gasteiger partial charge in [-0.15, -0.1) is 0 Å². The number of hydrogen-bond donors (Lipinski definition) is 1. The zero-order valence-corrected chi connectivity index (χ0v) is 13.4. The number of aromatic nitrogens is 1. The number of carbonyl (C=O) groups excluding carboxylic acids is 1. The zero-order chi connectivity index (χ0) is 16.6. The first kappa shape index (κ1) is 15.7. The van der Waals surface area contributed by atoms with Crippen molar-refractivity contribution in [3.63, 3.8) is 0 Å². The molecule has 1 aliphatic carbocycles. The van der Waals surface area contributed by atoms with Gasteiger partial charge in [0.1, 0.15) is 11.4 Å². The quantitative estimate of drug-likeness (QED) is 0.933. The van der Waals surface area contributed by atoms with Crippen molar-refractivity contribution >= 4 is 17.5 Å². The van der Waals surface area contributed by atoms with Gasteiger partial charge in [-0.05, 0) is 44.0 Å². The van der Waals surface area contributed by atoms with E-state index in [2.05, 4.69) is 4.98 Å². The maximum atomic E-state index is 14.0. The van der Waals surface area contributed by atoms with Crippen LogP contribution in [0.2, 0.25) is 5.02 Å². The molecule has 0 aliphatic heterocycles. The molecule has 23 heavy (non-hydrogen) atoms. The topological polar surface area (TPSA) is 53.2 Å². The average molecular weight is 335 g/mol. The summed E-state index contributed by atoms with van der Waals surface area (Å²) in [7, 11) is 0. The second kappa shape index (κ2) is 6.16. The minimum atomic E-state index is -0.450. The Morgan fingerprint density at radius 3 is 2.70 bits per heavy atom. The Balaban J connectivity index is 1.93. The Kier molecular flexibility index (Phi) is 4.22. The fourth-order valence-electron chi connectivity index (χ4n) is 2.50. The van der Waals surface area contributed by atoms with E-state index >= 15 is 0 Å². The summed E-state index contributed by atoms with van der Waals surface area (Å²) < 4.78 is 14.0. The lowest BCUT2D eigenvalue weighted by atomic mass is 10.1. The zero-order valence-electron chi connectivity index (χ0n) is 12.6. The van der Waals surface area contributed by atoms with Crippen molar-refractivity contribution in [2.24, 2.45) is 0 Å². The van der Waals surface area contributed by atoms with Crippen LogP contribution in [-0.2, 0) is 6.54 Å². The van der Waals surface area contributed by atoms with Gasteiger partial charge in [0.25, 0.3) is 11.5 Å². The number of nitrogens with one attached hydrogen (secondary N) is 1. The number of H-pyrrole nitrogens is 1. The maximum Gasteiger partial charge on any atom is 0.260 e. The van der Waals surface area contributed by atoms with Crippen molar-refractivity contribution in [1.29, 1.82) is 0 Å². The van der Waals surface area contributed by atoms with Gasteiger partial charge in [-0.2, -0.15) is 0 Å². The number of benzene rings is 1. The van der Waals surface area contributed by atoms with Crippen LogP contribution in [0.1, 0.15) is 34.5 Å². The third-order valence-corrected chi connectivity index (χ3v) is 4.28. The maximum absolute atomic E-state index is 14.0. The number of nitrogens with zero attached hydrogens (tertiary/aromatic N) is 1. The molecule has 0 spiro atoms. The van der Waals surface area contributed by atoms with Crippen molar-refractivity contribution in [2.75, 3.05) is 0 Å². The van der Waals surface area contributed by atoms with Crippen LogP contribution in [-0.4, -0.2) is 21.8 Å². The van der Waals surface area contributed by atoms with E-state index in [4.69, 9.17) is 11.6 Å². The molecular formula is C17H16ClFN2O2. The van der Waals surface area contributed by atoms with E-state index in [0.717, 1.165) is 12.8 Å². The fourth-order valence-corrected chi connectivity index (χ4v) is 2.72. The summed E-state index contributed by atoms with van der Waals surface area (Å²) in [5, 5.41) is 0.279. The van der Waals surface area contributed by atoms with Crippen LogP contribution in [0.4, 0.5) is 4.39 Å². The molecule has 1 N–H and O–H groups in total. The van der Waals surface area contributed by atoms with Crippen LogP contribution in [0.15, 0.2) is 35.1 Å². The van der Waals surface area contributed by atoms with Gasteiger partial charge < -0.3 is 9.88 Å². The van der Waals surface area contributed by atoms with Crippen LogP contribution in [0.3, 0.4) is 0 Å². The number of carbonyl (C=O) groups is 1. The Labute approximate surface area is 137 Å². The highest BCUT2D eigenvalue weighted by molar-refractivity contribution is 6.31. The number of aryl methyl sites for hydroxylation is 1. The Bertz CT molecular complexity index is 794. The number of halogens is 2. The molecular weight excluding hydrogens is 319 g/mol. The highest BCUT2D eigenvalue weighted by atomic mass is 35.5. The summed E-state index contributed by atoms with van der Waals surface area (Å²) >= 11 is 6.06. The van der Waals surface area contributed by atoms with Crippen molar-refractivity contribution in [3.05, 3.63) is 68.3 Å². The summed E-state index contributed by atoms with van der Waals surface area (Å²) in [6.45, 7) is 1.80. The van der Waals surface area contributed by atoms with Crippen LogP contribution >= 0.6 is 11.6 Å². The van der Waals surface area contributed by atoms with Crippen molar-refractivity contribution in [2.45, 2.75) is 32.4 Å². The molecule has 0 unspecified atom stereocenters. The molecule has 1 fully saturated rings. The molecule has 1 amide bonds. The lowest BCUT2D eigenvalue weighted by molar-refractivity contribution is 0.0726. The molecule has 0 radical (unpaired) electrons. The number of aromatic amines is 1. The minimum absolute atomic E-state index is 0.0267. The number of pyridine rings is 1. The third kappa shape index (κ3) is 3.29. The van der Waals surface area contributed by atoms with E-state index in [-0.39, 0.29) is 28.7 Å². The molecule has 1 aromatic carbocycles. The van der Waals surface area contributed by atoms with E-state index in [9.17, 15) is 14.0 Å². The van der Waals surface area contributed by atoms with Gasteiger partial charge in [-0.1, -0.05) is 17.7 Å². The molecule has 0 bridgehead atoms. The Morgan fingerprint density at radius 1 is 1.35 bits per heavy atom. The molecule has 1 aliphatic rings. The SMILES string of the molecule is Cc1ccc(C(=O)N(Cc2c(F)cccc2Cl)C2CC2)c(=O)[nH]1. The van der Waals surface area contributed by atoms with Crippen LogP contribution < -0.4 is 5.56 Å². The third-order valence-electron chi connectivity index (χ3n) is 3.92. The first-order valence-electron chi connectivity index (χ1n) is 7.41. The summed E-state index contributed by atoms with van der Waals surface area (Å²) in [6, 6.07) is 7.64. The predicted octanol–water partition coefficient (Wildman–Crippen LogP) is 3.28. The largest absolute Gasteiger partial charge is 0.331 e. The molecule has 0 atom stereocenters. The highest BCUT2D eigenvalue weighted by Crippen LogP contribution is 2.31. The molecule has 1 saturated carbocycles. The predicted molar refractivity (Wildman–Crippen MR) is 86.1 cm³/mol. The first-order valence-corrected chi connectivity index (χ1v) is 7.79. The van der Waals surface area contributed by atoms with E-state index in [1.54, 1.807) is 19.1 Å². The van der Waals surface area contributed by atoms with Crippen LogP contribution in [0, 0.1) is 12.7 Å². The molecule has 2 aromatic rings. The van der Waals surface area contributed by atoms with E-state index in [1.165, 1.54) is 23.1 Å². The Hall–Kier alpha value is -2.14. The van der Waals surface area contributed by atoms with Gasteiger partial charge in [-0.3, -0.25) is 9.59 Å². The lowest BCUT2D eigenvalue weighted by Gasteiger charge is -2.23. The molecule has 3 rings (SSSR count). The van der Waals surface area contributed by atoms with Gasteiger partial charge in [0, 0.05) is 22.3 Å². The van der Waals surface area contributed by atoms with Crippen molar-refractivity contribution in [3.8, 4) is 0 Å². The summed E-state index contributed by atoms with van der Waals surface area (Å²) in [5.41, 5.74) is 0.592. The minimum Gasteiger partial charge on any atom is -0.331 e. The molecule has 1 aromatic heterocycles. The van der Waals surface area contributed by atoms with Crippen molar-refractivity contribution < 1.29 is 9.18 Å². The number of rotatable bonds is 4. The molecule has 1 heterocycles. The normalized spacial score (nSPS) is 13.9. The number of hydrogen-bond acceptors (Lipinski definition) is 2. The summed E-state index contributed by atoms with van der Waals surface area (Å²) in [6.07, 6.45) is 1.70. The summed E-state index contributed by atoms with van der Waals surface area (Å²) in [4.78, 5) is 28.9. The van der Waals surface area contributed by atoms with Gasteiger partial charge in [0.15, 0.2) is 0 Å². The monoisotopic (exact) mass is 334 g/mol. The molecule has 6 heteroatoms. The van der Waals surface area contributed by atoms with Crippen LogP contribution in [0.25, 0.3) is 0 Å². The van der Waals surface area contributed by atoms with Crippen molar-refractivity contribution in [1.82, 2.24) is 9.88 Å². The Morgan fingerprint density at radius 2 is 2.09 bits per heavy atom. The van der Waals surface area contributed by atoms with E-state index in [0.29, 0.717) is 5.69 Å². The van der Waals surface area contributed by atoms with Gasteiger partial charge in [0.2, 0.25) is 0 Å². The molecule has 120 valence electrons. The number of amides is 1. The van der Waals surface area contributed by atoms with Gasteiger partial charge in [-0.25, -0.2) is 4.39 Å². The molecule has 0 saturated heterocycles. The molecule has 4 nitrogen and oxygen atoms in total. The smallest absolute Gasteiger partial charge is 0.260 e. The van der Waals surface area contributed by atoms with E-state index in [1.807, 2.05) is 0 Å². The van der Waals surface area contributed by atoms with Crippen LogP contribution in [0.5, 0.6) is 0 Å². The second-order valence-electron chi connectivity index (χ2n) is 5.75. The van der Waals surface area contributed by atoms with Gasteiger partial charge in [0.05, 0.1) is 6.54 Å². The van der Waals surface area contributed by atoms with E-state index < -0.39 is 17.3 Å². The fraction of sp³-hybridized carbons (Fsp3) is 0.294. The lowest BCUT2D eigenvalue weighted by Crippen LogP contribution is -2.36.